The molecule has 0 aromatic carbocycles. The topological polar surface area (TPSA) is 66.0 Å². The third-order valence-corrected chi connectivity index (χ3v) is 5.35. The van der Waals surface area contributed by atoms with E-state index in [9.17, 15) is 4.79 Å². The number of carbonyl (C=O) groups is 1. The zero-order valence-electron chi connectivity index (χ0n) is 24.2. The lowest BCUT2D eigenvalue weighted by Crippen LogP contribution is -2.46. The van der Waals surface area contributed by atoms with Crippen LogP contribution in [0.3, 0.4) is 0 Å². The van der Waals surface area contributed by atoms with Crippen LogP contribution in [0, 0.1) is 0 Å². The molecule has 1 N–H and O–H groups in total. The first-order valence-electron chi connectivity index (χ1n) is 13.3. The number of ether oxygens (including phenoxy) is 4. The summed E-state index contributed by atoms with van der Waals surface area (Å²) in [5, 5.41) is 3.11. The van der Waals surface area contributed by atoms with Crippen molar-refractivity contribution in [2.75, 3.05) is 33.0 Å². The number of amides is 1. The maximum atomic E-state index is 12.3. The lowest BCUT2D eigenvalue weighted by molar-refractivity contribution is -0.127. The zero-order valence-corrected chi connectivity index (χ0v) is 24.2. The van der Waals surface area contributed by atoms with E-state index in [2.05, 4.69) is 74.6 Å². The summed E-state index contributed by atoms with van der Waals surface area (Å²) in [6.07, 6.45) is 7.94. The van der Waals surface area contributed by atoms with Crippen LogP contribution in [-0.4, -0.2) is 61.3 Å². The predicted octanol–water partition coefficient (Wildman–Crippen LogP) is 6.44. The highest BCUT2D eigenvalue weighted by Crippen LogP contribution is 2.23. The van der Waals surface area contributed by atoms with E-state index in [1.54, 1.807) is 0 Å². The Morgan fingerprint density at radius 2 is 1.03 bits per heavy atom. The lowest BCUT2D eigenvalue weighted by Gasteiger charge is -2.32. The minimum atomic E-state index is -0.296. The smallest absolute Gasteiger partial charge is 0.246 e. The van der Waals surface area contributed by atoms with Crippen LogP contribution in [0.1, 0.15) is 121 Å². The minimum absolute atomic E-state index is 0.0581. The van der Waals surface area contributed by atoms with Crippen molar-refractivity contribution >= 4 is 5.91 Å². The summed E-state index contributed by atoms with van der Waals surface area (Å²) in [5.74, 6) is -0.0581. The van der Waals surface area contributed by atoms with Crippen molar-refractivity contribution < 1.29 is 23.7 Å². The van der Waals surface area contributed by atoms with Gasteiger partial charge in [0.15, 0.2) is 0 Å². The second-order valence-corrected chi connectivity index (χ2v) is 12.6. The van der Waals surface area contributed by atoms with Gasteiger partial charge in [-0.2, -0.15) is 0 Å². The Balaban J connectivity index is 3.89. The molecule has 0 bridgehead atoms. The van der Waals surface area contributed by atoms with Gasteiger partial charge >= 0.3 is 0 Å². The van der Waals surface area contributed by atoms with E-state index in [0.717, 1.165) is 71.2 Å². The third kappa shape index (κ3) is 23.1. The fraction of sp³-hybridized carbons (Fsp3) is 0.964. The molecular formula is C28H57NO5. The van der Waals surface area contributed by atoms with Crippen LogP contribution in [0.2, 0.25) is 0 Å². The maximum Gasteiger partial charge on any atom is 0.246 e. The van der Waals surface area contributed by atoms with E-state index < -0.39 is 0 Å². The zero-order chi connectivity index (χ0) is 26.3. The molecule has 0 radical (unpaired) electrons. The molecule has 204 valence electrons. The fourth-order valence-corrected chi connectivity index (χ4v) is 3.30. The standard InChI is InChI=1S/C28H57NO5/c1-25(2,3)32-20-14-11-13-19-31-23-24(30)29-27(7,8)17-18-28(9,10)34-22-16-12-15-21-33-26(4,5)6/h11-23H2,1-10H3,(H,29,30). The van der Waals surface area contributed by atoms with Gasteiger partial charge < -0.3 is 24.3 Å². The highest BCUT2D eigenvalue weighted by Gasteiger charge is 2.26. The van der Waals surface area contributed by atoms with Crippen LogP contribution in [0.4, 0.5) is 0 Å². The normalized spacial score (nSPS) is 13.4. The van der Waals surface area contributed by atoms with E-state index >= 15 is 0 Å². The van der Waals surface area contributed by atoms with Crippen molar-refractivity contribution in [1.29, 1.82) is 0 Å². The van der Waals surface area contributed by atoms with Gasteiger partial charge in [0.1, 0.15) is 6.61 Å². The van der Waals surface area contributed by atoms with Crippen LogP contribution in [0.25, 0.3) is 0 Å². The predicted molar refractivity (Wildman–Crippen MR) is 141 cm³/mol. The average molecular weight is 488 g/mol. The summed E-state index contributed by atoms with van der Waals surface area (Å²) < 4.78 is 23.2. The molecule has 0 rings (SSSR count). The summed E-state index contributed by atoms with van der Waals surface area (Å²) in [6.45, 7) is 23.9. The monoisotopic (exact) mass is 487 g/mol. The van der Waals surface area contributed by atoms with E-state index in [4.69, 9.17) is 18.9 Å². The maximum absolute atomic E-state index is 12.3. The van der Waals surface area contributed by atoms with Crippen LogP contribution < -0.4 is 5.32 Å². The van der Waals surface area contributed by atoms with Crippen molar-refractivity contribution in [3.05, 3.63) is 0 Å². The molecule has 0 atom stereocenters. The van der Waals surface area contributed by atoms with Crippen molar-refractivity contribution in [3.63, 3.8) is 0 Å². The first kappa shape index (κ1) is 33.3. The minimum Gasteiger partial charge on any atom is -0.376 e. The second kappa shape index (κ2) is 16.1. The van der Waals surface area contributed by atoms with Gasteiger partial charge in [-0.3, -0.25) is 4.79 Å². The van der Waals surface area contributed by atoms with Gasteiger partial charge in [-0.05, 0) is 121 Å². The van der Waals surface area contributed by atoms with Gasteiger partial charge in [0.05, 0.1) is 16.8 Å². The van der Waals surface area contributed by atoms with Gasteiger partial charge in [0.25, 0.3) is 0 Å². The number of hydrogen-bond acceptors (Lipinski definition) is 5. The summed E-state index contributed by atoms with van der Waals surface area (Å²) in [7, 11) is 0. The van der Waals surface area contributed by atoms with Gasteiger partial charge in [0, 0.05) is 32.0 Å². The third-order valence-electron chi connectivity index (χ3n) is 5.35. The van der Waals surface area contributed by atoms with Crippen molar-refractivity contribution in [3.8, 4) is 0 Å². The Morgan fingerprint density at radius 3 is 1.50 bits per heavy atom. The van der Waals surface area contributed by atoms with Crippen molar-refractivity contribution in [2.45, 2.75) is 143 Å². The number of rotatable bonds is 19. The molecule has 0 aromatic rings. The number of nitrogens with one attached hydrogen (secondary N) is 1. The van der Waals surface area contributed by atoms with Crippen LogP contribution in [0.15, 0.2) is 0 Å². The van der Waals surface area contributed by atoms with Crippen LogP contribution in [-0.2, 0) is 23.7 Å². The van der Waals surface area contributed by atoms with Gasteiger partial charge in [-0.15, -0.1) is 0 Å². The highest BCUT2D eigenvalue weighted by molar-refractivity contribution is 5.77. The molecule has 6 nitrogen and oxygen atoms in total. The molecule has 0 aliphatic rings. The summed E-state index contributed by atoms with van der Waals surface area (Å²) in [4.78, 5) is 12.3. The molecule has 0 unspecified atom stereocenters. The second-order valence-electron chi connectivity index (χ2n) is 12.6. The molecule has 0 aromatic heterocycles. The van der Waals surface area contributed by atoms with Gasteiger partial charge in [0.2, 0.25) is 5.91 Å². The lowest BCUT2D eigenvalue weighted by atomic mass is 9.91. The quantitative estimate of drug-likeness (QED) is 0.212. The van der Waals surface area contributed by atoms with E-state index in [1.807, 2.05) is 0 Å². The number of unbranched alkanes of at least 4 members (excludes halogenated alkanes) is 4. The van der Waals surface area contributed by atoms with Gasteiger partial charge in [-0.1, -0.05) is 0 Å². The van der Waals surface area contributed by atoms with E-state index in [-0.39, 0.29) is 34.9 Å². The Hall–Kier alpha value is -0.690. The molecule has 0 saturated heterocycles. The molecule has 34 heavy (non-hydrogen) atoms. The molecule has 6 heteroatoms. The average Bonchev–Trinajstić information content (AvgIpc) is 2.66. The molecule has 1 amide bonds. The summed E-state index contributed by atoms with van der Waals surface area (Å²) in [6, 6.07) is 0. The van der Waals surface area contributed by atoms with Crippen LogP contribution >= 0.6 is 0 Å². The fourth-order valence-electron chi connectivity index (χ4n) is 3.30. The first-order chi connectivity index (χ1) is 15.5. The number of carbonyl (C=O) groups excluding carboxylic acids is 1. The molecule has 0 heterocycles. The Labute approximate surface area is 211 Å². The largest absolute Gasteiger partial charge is 0.376 e. The Bertz CT molecular complexity index is 532. The van der Waals surface area contributed by atoms with Crippen molar-refractivity contribution in [2.24, 2.45) is 0 Å². The van der Waals surface area contributed by atoms with Crippen LogP contribution in [0.5, 0.6) is 0 Å². The van der Waals surface area contributed by atoms with E-state index in [0.29, 0.717) is 6.61 Å². The summed E-state index contributed by atoms with van der Waals surface area (Å²) in [5.41, 5.74) is -0.647. The summed E-state index contributed by atoms with van der Waals surface area (Å²) >= 11 is 0. The Kier molecular flexibility index (Phi) is 15.8. The highest BCUT2D eigenvalue weighted by atomic mass is 16.5. The number of hydrogen-bond donors (Lipinski definition) is 1. The first-order valence-corrected chi connectivity index (χ1v) is 13.3. The molecule has 0 aliphatic heterocycles. The molecule has 0 fully saturated rings. The SMILES string of the molecule is CC(C)(CCC(C)(C)OCCCCCOC(C)(C)C)NC(=O)COCCCCCOC(C)(C)C. The molecular weight excluding hydrogens is 430 g/mol. The van der Waals surface area contributed by atoms with E-state index in [1.165, 1.54) is 0 Å². The molecule has 0 spiro atoms. The van der Waals surface area contributed by atoms with Crippen molar-refractivity contribution in [1.82, 2.24) is 5.32 Å². The Morgan fingerprint density at radius 1 is 0.588 bits per heavy atom. The van der Waals surface area contributed by atoms with Gasteiger partial charge in [-0.25, -0.2) is 0 Å². The molecule has 0 aliphatic carbocycles. The molecule has 0 saturated carbocycles.